The molecule has 3 aromatic rings. The van der Waals surface area contributed by atoms with Gasteiger partial charge in [-0.3, -0.25) is 9.59 Å². The molecular formula is C18H16N4O4S. The molecule has 0 saturated heterocycles. The van der Waals surface area contributed by atoms with Crippen LogP contribution in [0.5, 0.6) is 0 Å². The topological polar surface area (TPSA) is 101 Å². The molecule has 138 valence electrons. The monoisotopic (exact) mass is 384 g/mol. The van der Waals surface area contributed by atoms with E-state index in [1.165, 1.54) is 23.6 Å². The second-order valence-electron chi connectivity index (χ2n) is 5.83. The van der Waals surface area contributed by atoms with Crippen LogP contribution in [-0.4, -0.2) is 34.3 Å². The molecule has 0 fully saturated rings. The molecule has 1 aliphatic rings. The van der Waals surface area contributed by atoms with Crippen LogP contribution in [0.2, 0.25) is 0 Å². The molecule has 0 radical (unpaired) electrons. The summed E-state index contributed by atoms with van der Waals surface area (Å²) in [6.07, 6.45) is 2.29. The van der Waals surface area contributed by atoms with Gasteiger partial charge in [-0.1, -0.05) is 30.0 Å². The molecule has 9 heteroatoms. The lowest BCUT2D eigenvalue weighted by atomic mass is 10.2. The molecule has 0 saturated carbocycles. The van der Waals surface area contributed by atoms with Crippen LogP contribution >= 0.6 is 11.8 Å². The predicted octanol–water partition coefficient (Wildman–Crippen LogP) is 2.27. The van der Waals surface area contributed by atoms with Gasteiger partial charge >= 0.3 is 0 Å². The lowest BCUT2D eigenvalue weighted by molar-refractivity contribution is -0.116. The number of hydrogen-bond donors (Lipinski definition) is 1. The summed E-state index contributed by atoms with van der Waals surface area (Å²) >= 11 is 1.18. The maximum atomic E-state index is 12.5. The van der Waals surface area contributed by atoms with Crippen molar-refractivity contribution in [3.8, 4) is 0 Å². The minimum atomic E-state index is -0.365. The Kier molecular flexibility index (Phi) is 4.93. The summed E-state index contributed by atoms with van der Waals surface area (Å²) in [6, 6.07) is 11.1. The van der Waals surface area contributed by atoms with Gasteiger partial charge in [-0.05, 0) is 30.2 Å². The summed E-state index contributed by atoms with van der Waals surface area (Å²) in [4.78, 5) is 26.1. The Labute approximate surface area is 158 Å². The zero-order valence-corrected chi connectivity index (χ0v) is 15.1. The largest absolute Gasteiger partial charge is 0.459 e. The number of carbonyl (C=O) groups excluding carboxylic acids is 2. The molecule has 1 aliphatic heterocycles. The molecule has 8 nitrogen and oxygen atoms in total. The summed E-state index contributed by atoms with van der Waals surface area (Å²) in [7, 11) is 0. The molecule has 2 amide bonds. The highest BCUT2D eigenvalue weighted by Gasteiger charge is 2.24. The van der Waals surface area contributed by atoms with Gasteiger partial charge in [0.25, 0.3) is 11.1 Å². The minimum absolute atomic E-state index is 0.00387. The lowest BCUT2D eigenvalue weighted by Gasteiger charge is -2.16. The molecule has 27 heavy (non-hydrogen) atoms. The van der Waals surface area contributed by atoms with E-state index >= 15 is 0 Å². The average Bonchev–Trinajstić information content (AvgIpc) is 3.44. The Morgan fingerprint density at radius 2 is 2.07 bits per heavy atom. The van der Waals surface area contributed by atoms with Crippen molar-refractivity contribution in [3.63, 3.8) is 0 Å². The van der Waals surface area contributed by atoms with Crippen molar-refractivity contribution in [2.75, 3.05) is 17.2 Å². The Morgan fingerprint density at radius 3 is 2.93 bits per heavy atom. The highest BCUT2D eigenvalue weighted by molar-refractivity contribution is 7.99. The van der Waals surface area contributed by atoms with E-state index < -0.39 is 0 Å². The molecule has 0 aliphatic carbocycles. The third-order valence-corrected chi connectivity index (χ3v) is 4.90. The number of benzene rings is 1. The van der Waals surface area contributed by atoms with Gasteiger partial charge in [0.2, 0.25) is 11.8 Å². The van der Waals surface area contributed by atoms with Gasteiger partial charge in [0, 0.05) is 12.2 Å². The van der Waals surface area contributed by atoms with Gasteiger partial charge in [0.05, 0.1) is 18.6 Å². The van der Waals surface area contributed by atoms with Crippen LogP contribution in [0.1, 0.15) is 22.0 Å². The maximum Gasteiger partial charge on any atom is 0.287 e. The average molecular weight is 384 g/mol. The van der Waals surface area contributed by atoms with Gasteiger partial charge in [0.1, 0.15) is 0 Å². The third kappa shape index (κ3) is 3.87. The summed E-state index contributed by atoms with van der Waals surface area (Å²) in [5, 5.41) is 10.7. The van der Waals surface area contributed by atoms with E-state index in [1.807, 2.05) is 24.3 Å². The number of anilines is 1. The number of carbonyl (C=O) groups is 2. The van der Waals surface area contributed by atoms with Crippen LogP contribution in [0.25, 0.3) is 0 Å². The molecule has 1 aromatic carbocycles. The molecule has 0 bridgehead atoms. The van der Waals surface area contributed by atoms with Gasteiger partial charge < -0.3 is 19.1 Å². The number of nitrogens with one attached hydrogen (secondary N) is 1. The molecular weight excluding hydrogens is 368 g/mol. The molecule has 0 unspecified atom stereocenters. The zero-order valence-electron chi connectivity index (χ0n) is 14.3. The van der Waals surface area contributed by atoms with Crippen LogP contribution in [0.3, 0.4) is 0 Å². The number of aromatic nitrogens is 2. The fourth-order valence-electron chi connectivity index (χ4n) is 2.82. The molecule has 3 heterocycles. The Bertz CT molecular complexity index is 954. The molecule has 0 atom stereocenters. The fraction of sp³-hybridized carbons (Fsp3) is 0.222. The van der Waals surface area contributed by atoms with Crippen molar-refractivity contribution in [2.24, 2.45) is 0 Å². The predicted molar refractivity (Wildman–Crippen MR) is 97.4 cm³/mol. The van der Waals surface area contributed by atoms with E-state index in [4.69, 9.17) is 8.83 Å². The Hall–Kier alpha value is -3.07. The minimum Gasteiger partial charge on any atom is -0.459 e. The normalized spacial score (nSPS) is 12.8. The van der Waals surface area contributed by atoms with Crippen molar-refractivity contribution >= 4 is 29.3 Å². The zero-order chi connectivity index (χ0) is 18.6. The summed E-state index contributed by atoms with van der Waals surface area (Å²) < 4.78 is 10.5. The van der Waals surface area contributed by atoms with Gasteiger partial charge in [-0.2, -0.15) is 0 Å². The number of hydrogen-bond acceptors (Lipinski definition) is 7. The first-order valence-corrected chi connectivity index (χ1v) is 9.34. The summed E-state index contributed by atoms with van der Waals surface area (Å²) in [5.74, 6) is 0.303. The molecule has 4 rings (SSSR count). The van der Waals surface area contributed by atoms with Crippen LogP contribution in [0.4, 0.5) is 5.69 Å². The van der Waals surface area contributed by atoms with Crippen molar-refractivity contribution in [1.82, 2.24) is 15.5 Å². The lowest BCUT2D eigenvalue weighted by Crippen LogP contribution is -2.30. The van der Waals surface area contributed by atoms with E-state index in [9.17, 15) is 9.59 Å². The number of nitrogens with zero attached hydrogens (tertiary/aromatic N) is 3. The molecule has 2 aromatic heterocycles. The quantitative estimate of drug-likeness (QED) is 0.651. The first-order valence-electron chi connectivity index (χ1n) is 8.36. The SMILES string of the molecule is O=C(NCc1nnc(SCC(=O)N2CCc3ccccc32)o1)c1ccco1. The van der Waals surface area contributed by atoms with Crippen LogP contribution in [-0.2, 0) is 17.8 Å². The second kappa shape index (κ2) is 7.67. The summed E-state index contributed by atoms with van der Waals surface area (Å²) in [6.45, 7) is 0.771. The van der Waals surface area contributed by atoms with Crippen molar-refractivity contribution in [3.05, 3.63) is 59.9 Å². The summed E-state index contributed by atoms with van der Waals surface area (Å²) in [5.41, 5.74) is 2.15. The molecule has 0 spiro atoms. The van der Waals surface area contributed by atoms with E-state index in [-0.39, 0.29) is 41.0 Å². The fourth-order valence-corrected chi connectivity index (χ4v) is 3.47. The van der Waals surface area contributed by atoms with E-state index in [2.05, 4.69) is 15.5 Å². The van der Waals surface area contributed by atoms with Crippen LogP contribution in [0.15, 0.2) is 56.7 Å². The standard InChI is InChI=1S/C18H16N4O4S/c23-16(22-8-7-12-4-1-2-5-13(12)22)11-27-18-21-20-15(26-18)10-19-17(24)14-6-3-9-25-14/h1-6,9H,7-8,10-11H2,(H,19,24). The van der Waals surface area contributed by atoms with Crippen LogP contribution < -0.4 is 10.2 Å². The number of para-hydroxylation sites is 1. The highest BCUT2D eigenvalue weighted by atomic mass is 32.2. The third-order valence-electron chi connectivity index (χ3n) is 4.10. The first kappa shape index (κ1) is 17.3. The van der Waals surface area contributed by atoms with Crippen molar-refractivity contribution in [2.45, 2.75) is 18.2 Å². The first-order chi connectivity index (χ1) is 13.2. The van der Waals surface area contributed by atoms with Crippen molar-refractivity contribution in [1.29, 1.82) is 0 Å². The number of thioether (sulfide) groups is 1. The maximum absolute atomic E-state index is 12.5. The molecule has 1 N–H and O–H groups in total. The highest BCUT2D eigenvalue weighted by Crippen LogP contribution is 2.28. The number of fused-ring (bicyclic) bond motifs is 1. The van der Waals surface area contributed by atoms with Crippen LogP contribution in [0, 0.1) is 0 Å². The van der Waals surface area contributed by atoms with E-state index in [0.29, 0.717) is 6.54 Å². The van der Waals surface area contributed by atoms with Gasteiger partial charge in [-0.15, -0.1) is 10.2 Å². The van der Waals surface area contributed by atoms with Gasteiger partial charge in [-0.25, -0.2) is 0 Å². The van der Waals surface area contributed by atoms with Crippen molar-refractivity contribution < 1.29 is 18.4 Å². The Morgan fingerprint density at radius 1 is 1.19 bits per heavy atom. The van der Waals surface area contributed by atoms with Gasteiger partial charge in [0.15, 0.2) is 5.76 Å². The number of rotatable bonds is 6. The van der Waals surface area contributed by atoms with E-state index in [1.54, 1.807) is 17.0 Å². The smallest absolute Gasteiger partial charge is 0.287 e. The number of amides is 2. The van der Waals surface area contributed by atoms with E-state index in [0.717, 1.165) is 12.1 Å². The second-order valence-corrected chi connectivity index (χ2v) is 6.76. The number of furan rings is 1. The Balaban J connectivity index is 1.28.